The fourth-order valence-corrected chi connectivity index (χ4v) is 5.70. The molecule has 0 bridgehead atoms. The van der Waals surface area contributed by atoms with Crippen molar-refractivity contribution in [1.29, 1.82) is 0 Å². The number of methoxy groups -OCH3 is 2. The highest BCUT2D eigenvalue weighted by Crippen LogP contribution is 2.50. The van der Waals surface area contributed by atoms with Crippen molar-refractivity contribution in [3.8, 4) is 0 Å². The Morgan fingerprint density at radius 3 is 1.92 bits per heavy atom. The fraction of sp³-hybridized carbons (Fsp3) is 0.281. The largest absolute Gasteiger partial charge is 0.469 e. The van der Waals surface area contributed by atoms with Gasteiger partial charge in [-0.05, 0) is 57.5 Å². The number of hydrogen-bond donors (Lipinski definition) is 0. The normalized spacial score (nSPS) is 18.3. The van der Waals surface area contributed by atoms with Crippen LogP contribution >= 0.6 is 0 Å². The monoisotopic (exact) mass is 510 g/mol. The molecule has 1 aliphatic rings. The second-order valence-electron chi connectivity index (χ2n) is 9.89. The second kappa shape index (κ2) is 10.7. The number of carbonyl (C=O) groups is 3. The number of carbonyl (C=O) groups excluding carboxylic acids is 3. The minimum absolute atomic E-state index is 0.0296. The number of hydrogen-bond acceptors (Lipinski definition) is 6. The summed E-state index contributed by atoms with van der Waals surface area (Å²) in [4.78, 5) is 40.0. The van der Waals surface area contributed by atoms with Gasteiger partial charge in [-0.25, -0.2) is 0 Å². The SMILES string of the molecule is COC(=O)C1CC(C(Cc2c3ccccc3cc3ccccc23)(C(=O)OC)C(=O)OCc2ccccc2)C1. The summed E-state index contributed by atoms with van der Waals surface area (Å²) in [5, 5.41) is 3.94. The zero-order valence-corrected chi connectivity index (χ0v) is 21.5. The maximum atomic E-state index is 14.1. The molecular weight excluding hydrogens is 480 g/mol. The molecule has 4 aromatic carbocycles. The van der Waals surface area contributed by atoms with Crippen LogP contribution in [0.2, 0.25) is 0 Å². The lowest BCUT2D eigenvalue weighted by Crippen LogP contribution is -2.54. The van der Waals surface area contributed by atoms with Gasteiger partial charge in [-0.1, -0.05) is 78.9 Å². The molecule has 6 nitrogen and oxygen atoms in total. The standard InChI is InChI=1S/C32H30O6/c1-36-29(33)24-17-25(18-24)32(30(34)37-2,31(35)38-20-21-10-4-3-5-11-21)19-28-26-14-8-6-12-22(26)16-23-13-7-9-15-27(23)28/h3-16,24-25H,17-20H2,1-2H3. The number of fused-ring (bicyclic) bond motifs is 2. The van der Waals surface area contributed by atoms with Crippen LogP contribution in [0.5, 0.6) is 0 Å². The molecule has 6 heteroatoms. The van der Waals surface area contributed by atoms with Crippen LogP contribution in [0.25, 0.3) is 21.5 Å². The Balaban J connectivity index is 1.63. The molecule has 0 aliphatic heterocycles. The van der Waals surface area contributed by atoms with E-state index in [4.69, 9.17) is 14.2 Å². The van der Waals surface area contributed by atoms with Crippen LogP contribution in [-0.2, 0) is 41.6 Å². The van der Waals surface area contributed by atoms with Gasteiger partial charge in [0.1, 0.15) is 6.61 Å². The van der Waals surface area contributed by atoms with Crippen LogP contribution in [0, 0.1) is 17.3 Å². The Morgan fingerprint density at radius 1 is 0.763 bits per heavy atom. The van der Waals surface area contributed by atoms with Crippen molar-refractivity contribution in [2.45, 2.75) is 25.9 Å². The summed E-state index contributed by atoms with van der Waals surface area (Å²) >= 11 is 0. The molecule has 38 heavy (non-hydrogen) atoms. The average Bonchev–Trinajstić information content (AvgIpc) is 2.94. The predicted octanol–water partition coefficient (Wildman–Crippen LogP) is 5.64. The van der Waals surface area contributed by atoms with Crippen molar-refractivity contribution < 1.29 is 28.6 Å². The van der Waals surface area contributed by atoms with E-state index >= 15 is 0 Å². The van der Waals surface area contributed by atoms with E-state index in [0.29, 0.717) is 12.8 Å². The van der Waals surface area contributed by atoms with Crippen molar-refractivity contribution >= 4 is 39.5 Å². The third kappa shape index (κ3) is 4.51. The Kier molecular flexibility index (Phi) is 7.14. The minimum atomic E-state index is -1.62. The van der Waals surface area contributed by atoms with Gasteiger partial charge in [0.25, 0.3) is 0 Å². The van der Waals surface area contributed by atoms with Gasteiger partial charge >= 0.3 is 17.9 Å². The fourth-order valence-electron chi connectivity index (χ4n) is 5.70. The molecule has 1 fully saturated rings. The van der Waals surface area contributed by atoms with E-state index < -0.39 is 23.3 Å². The molecule has 1 atom stereocenters. The number of benzene rings is 4. The number of rotatable bonds is 8. The molecule has 1 unspecified atom stereocenters. The lowest BCUT2D eigenvalue weighted by Gasteiger charge is -2.44. The van der Waals surface area contributed by atoms with E-state index in [2.05, 4.69) is 6.07 Å². The molecule has 1 saturated carbocycles. The van der Waals surface area contributed by atoms with Crippen LogP contribution in [0.4, 0.5) is 0 Å². The van der Waals surface area contributed by atoms with E-state index in [1.807, 2.05) is 78.9 Å². The summed E-state index contributed by atoms with van der Waals surface area (Å²) in [5.41, 5.74) is 0.0690. The van der Waals surface area contributed by atoms with Crippen LogP contribution in [0.1, 0.15) is 24.0 Å². The highest BCUT2D eigenvalue weighted by Gasteiger charge is 2.59. The number of ether oxygens (including phenoxy) is 3. The first kappa shape index (κ1) is 25.5. The highest BCUT2D eigenvalue weighted by molar-refractivity contribution is 6.06. The van der Waals surface area contributed by atoms with Crippen molar-refractivity contribution in [1.82, 2.24) is 0 Å². The molecule has 0 amide bonds. The first-order valence-corrected chi connectivity index (χ1v) is 12.7. The maximum absolute atomic E-state index is 14.1. The van der Waals surface area contributed by atoms with Gasteiger partial charge in [0.2, 0.25) is 0 Å². The molecule has 0 aromatic heterocycles. The second-order valence-corrected chi connectivity index (χ2v) is 9.89. The minimum Gasteiger partial charge on any atom is -0.469 e. The summed E-state index contributed by atoms with van der Waals surface area (Å²) in [7, 11) is 2.64. The molecular formula is C32H30O6. The third-order valence-electron chi connectivity index (χ3n) is 7.83. The summed E-state index contributed by atoms with van der Waals surface area (Å²) in [6, 6.07) is 27.3. The molecule has 5 rings (SSSR count). The third-order valence-corrected chi connectivity index (χ3v) is 7.83. The predicted molar refractivity (Wildman–Crippen MR) is 144 cm³/mol. The summed E-state index contributed by atoms with van der Waals surface area (Å²) in [6.45, 7) is 0.0296. The van der Waals surface area contributed by atoms with Crippen molar-refractivity contribution in [3.05, 3.63) is 96.1 Å². The summed E-state index contributed by atoms with van der Waals surface area (Å²) in [5.74, 6) is -2.45. The van der Waals surface area contributed by atoms with Gasteiger partial charge in [0.15, 0.2) is 5.41 Å². The molecule has 0 radical (unpaired) electrons. The molecule has 0 heterocycles. The topological polar surface area (TPSA) is 78.9 Å². The Labute approximate surface area is 221 Å². The van der Waals surface area contributed by atoms with Gasteiger partial charge in [-0.3, -0.25) is 14.4 Å². The van der Waals surface area contributed by atoms with Crippen molar-refractivity contribution in [2.24, 2.45) is 17.3 Å². The van der Waals surface area contributed by atoms with Crippen LogP contribution < -0.4 is 0 Å². The van der Waals surface area contributed by atoms with Gasteiger partial charge in [0, 0.05) is 6.42 Å². The molecule has 0 spiro atoms. The van der Waals surface area contributed by atoms with Crippen molar-refractivity contribution in [2.75, 3.05) is 14.2 Å². The zero-order chi connectivity index (χ0) is 26.7. The van der Waals surface area contributed by atoms with Crippen LogP contribution in [-0.4, -0.2) is 32.1 Å². The summed E-state index contributed by atoms with van der Waals surface area (Å²) in [6.07, 6.45) is 0.767. The van der Waals surface area contributed by atoms with Gasteiger partial charge in [-0.2, -0.15) is 0 Å². The van der Waals surface area contributed by atoms with Gasteiger partial charge < -0.3 is 14.2 Å². The van der Waals surface area contributed by atoms with Crippen LogP contribution in [0.15, 0.2) is 84.9 Å². The van der Waals surface area contributed by atoms with E-state index in [-0.39, 0.29) is 24.9 Å². The first-order valence-electron chi connectivity index (χ1n) is 12.7. The van der Waals surface area contributed by atoms with E-state index in [9.17, 15) is 14.4 Å². The Hall–Kier alpha value is -4.19. The average molecular weight is 511 g/mol. The van der Waals surface area contributed by atoms with Gasteiger partial charge in [-0.15, -0.1) is 0 Å². The maximum Gasteiger partial charge on any atom is 0.324 e. The lowest BCUT2D eigenvalue weighted by molar-refractivity contribution is -0.184. The van der Waals surface area contributed by atoms with E-state index in [1.54, 1.807) is 0 Å². The zero-order valence-electron chi connectivity index (χ0n) is 21.5. The molecule has 0 N–H and O–H groups in total. The first-order chi connectivity index (χ1) is 18.5. The molecule has 1 aliphatic carbocycles. The van der Waals surface area contributed by atoms with Crippen LogP contribution in [0.3, 0.4) is 0 Å². The Morgan fingerprint density at radius 2 is 1.34 bits per heavy atom. The molecule has 0 saturated heterocycles. The highest BCUT2D eigenvalue weighted by atomic mass is 16.6. The van der Waals surface area contributed by atoms with E-state index in [1.165, 1.54) is 14.2 Å². The molecule has 194 valence electrons. The quantitative estimate of drug-likeness (QED) is 0.132. The van der Waals surface area contributed by atoms with E-state index in [0.717, 1.165) is 32.7 Å². The van der Waals surface area contributed by atoms with Gasteiger partial charge in [0.05, 0.1) is 20.1 Å². The Bertz CT molecular complexity index is 1430. The van der Waals surface area contributed by atoms with Crippen molar-refractivity contribution in [3.63, 3.8) is 0 Å². The lowest BCUT2D eigenvalue weighted by atomic mass is 9.58. The smallest absolute Gasteiger partial charge is 0.324 e. The number of esters is 3. The molecule has 4 aromatic rings. The summed E-state index contributed by atoms with van der Waals surface area (Å²) < 4.78 is 16.1.